The molecule has 3 rings (SSSR count). The first-order valence-corrected chi connectivity index (χ1v) is 6.44. The second-order valence-corrected chi connectivity index (χ2v) is 4.83. The highest BCUT2D eigenvalue weighted by Gasteiger charge is 2.19. The Hall–Kier alpha value is -1.75. The highest BCUT2D eigenvalue weighted by Crippen LogP contribution is 2.25. The molecule has 1 fully saturated rings. The largest absolute Gasteiger partial charge is 0.316 e. The molecule has 5 heteroatoms. The number of nitrogens with one attached hydrogen (secondary N) is 1. The Balaban J connectivity index is 1.96. The molecule has 2 aromatic rings. The van der Waals surface area contributed by atoms with Crippen LogP contribution in [0.3, 0.4) is 0 Å². The molecule has 1 unspecified atom stereocenters. The van der Waals surface area contributed by atoms with Gasteiger partial charge in [-0.15, -0.1) is 0 Å². The first kappa shape index (κ1) is 12.3. The molecule has 0 amide bonds. The van der Waals surface area contributed by atoms with Crippen LogP contribution >= 0.6 is 0 Å². The van der Waals surface area contributed by atoms with Gasteiger partial charge in [0.15, 0.2) is 11.6 Å². The summed E-state index contributed by atoms with van der Waals surface area (Å²) >= 11 is 0. The topological polar surface area (TPSA) is 29.9 Å². The van der Waals surface area contributed by atoms with Gasteiger partial charge in [-0.25, -0.2) is 13.8 Å². The van der Waals surface area contributed by atoms with Crippen LogP contribution in [0.25, 0.3) is 5.69 Å². The molecule has 19 heavy (non-hydrogen) atoms. The summed E-state index contributed by atoms with van der Waals surface area (Å²) in [6.07, 6.45) is 5.66. The van der Waals surface area contributed by atoms with Crippen LogP contribution in [0.1, 0.15) is 24.5 Å². The zero-order valence-corrected chi connectivity index (χ0v) is 10.4. The summed E-state index contributed by atoms with van der Waals surface area (Å²) in [5.41, 5.74) is 1.65. The van der Waals surface area contributed by atoms with Crippen LogP contribution in [-0.2, 0) is 0 Å². The number of rotatable bonds is 2. The van der Waals surface area contributed by atoms with Crippen LogP contribution < -0.4 is 5.32 Å². The van der Waals surface area contributed by atoms with E-state index in [-0.39, 0.29) is 0 Å². The number of benzene rings is 1. The van der Waals surface area contributed by atoms with Crippen molar-refractivity contribution in [3.8, 4) is 5.69 Å². The van der Waals surface area contributed by atoms with Crippen LogP contribution in [0.5, 0.6) is 0 Å². The third kappa shape index (κ3) is 2.38. The van der Waals surface area contributed by atoms with Gasteiger partial charge in [-0.05, 0) is 31.5 Å². The molecule has 1 N–H and O–H groups in total. The molecule has 1 aromatic heterocycles. The van der Waals surface area contributed by atoms with Crippen molar-refractivity contribution in [3.63, 3.8) is 0 Å². The van der Waals surface area contributed by atoms with Crippen molar-refractivity contribution in [1.29, 1.82) is 0 Å². The lowest BCUT2D eigenvalue weighted by atomic mass is 9.96. The number of nitrogens with zero attached hydrogens (tertiary/aromatic N) is 2. The van der Waals surface area contributed by atoms with Gasteiger partial charge in [-0.1, -0.05) is 0 Å². The van der Waals surface area contributed by atoms with E-state index in [1.807, 2.05) is 4.57 Å². The molecule has 0 aliphatic carbocycles. The van der Waals surface area contributed by atoms with E-state index in [0.717, 1.165) is 37.7 Å². The number of hydrogen-bond acceptors (Lipinski definition) is 2. The second-order valence-electron chi connectivity index (χ2n) is 4.83. The zero-order valence-electron chi connectivity index (χ0n) is 10.4. The van der Waals surface area contributed by atoms with E-state index in [1.54, 1.807) is 18.6 Å². The first-order chi connectivity index (χ1) is 9.25. The minimum atomic E-state index is -0.834. The van der Waals surface area contributed by atoms with Crippen molar-refractivity contribution in [1.82, 2.24) is 14.9 Å². The molecule has 0 spiro atoms. The molecule has 1 aliphatic heterocycles. The summed E-state index contributed by atoms with van der Waals surface area (Å²) in [5, 5.41) is 3.35. The molecule has 2 heterocycles. The molecule has 1 atom stereocenters. The predicted octanol–water partition coefficient (Wildman–Crippen LogP) is 2.62. The van der Waals surface area contributed by atoms with E-state index in [4.69, 9.17) is 0 Å². The quantitative estimate of drug-likeness (QED) is 0.902. The second kappa shape index (κ2) is 5.09. The van der Waals surface area contributed by atoms with Crippen molar-refractivity contribution in [2.45, 2.75) is 18.8 Å². The Labute approximate surface area is 110 Å². The third-order valence-electron chi connectivity index (χ3n) is 3.56. The summed E-state index contributed by atoms with van der Waals surface area (Å²) < 4.78 is 28.1. The van der Waals surface area contributed by atoms with E-state index in [2.05, 4.69) is 10.3 Å². The number of aromatic nitrogens is 2. The standard InChI is InChI=1S/C14H15F2N3/c15-12-4-3-11(6-13(12)16)19-9-18-8-14(19)10-2-1-5-17-7-10/h3-4,6,8-10,17H,1-2,5,7H2. The summed E-state index contributed by atoms with van der Waals surface area (Å²) in [5.74, 6) is -1.30. The first-order valence-electron chi connectivity index (χ1n) is 6.44. The Kier molecular flexibility index (Phi) is 3.29. The Morgan fingerprint density at radius 1 is 1.26 bits per heavy atom. The zero-order chi connectivity index (χ0) is 13.2. The number of halogens is 2. The molecule has 3 nitrogen and oxygen atoms in total. The normalized spacial score (nSPS) is 19.6. The number of imidazole rings is 1. The number of piperidine rings is 1. The molecule has 0 radical (unpaired) electrons. The minimum Gasteiger partial charge on any atom is -0.316 e. The van der Waals surface area contributed by atoms with Crippen molar-refractivity contribution < 1.29 is 8.78 Å². The molecule has 1 aliphatic rings. The van der Waals surface area contributed by atoms with Gasteiger partial charge in [-0.3, -0.25) is 0 Å². The van der Waals surface area contributed by atoms with E-state index in [9.17, 15) is 8.78 Å². The molecule has 0 bridgehead atoms. The highest BCUT2D eigenvalue weighted by molar-refractivity contribution is 5.35. The van der Waals surface area contributed by atoms with Gasteiger partial charge >= 0.3 is 0 Å². The average Bonchev–Trinajstić information content (AvgIpc) is 2.92. The van der Waals surface area contributed by atoms with Gasteiger partial charge < -0.3 is 9.88 Å². The van der Waals surface area contributed by atoms with Crippen LogP contribution in [0.4, 0.5) is 8.78 Å². The van der Waals surface area contributed by atoms with E-state index in [0.29, 0.717) is 11.6 Å². The lowest BCUT2D eigenvalue weighted by molar-refractivity contribution is 0.450. The fourth-order valence-corrected chi connectivity index (χ4v) is 2.56. The summed E-state index contributed by atoms with van der Waals surface area (Å²) in [6.45, 7) is 1.94. The lowest BCUT2D eigenvalue weighted by Gasteiger charge is -2.23. The average molecular weight is 263 g/mol. The van der Waals surface area contributed by atoms with Gasteiger partial charge in [0.1, 0.15) is 0 Å². The Morgan fingerprint density at radius 2 is 2.16 bits per heavy atom. The van der Waals surface area contributed by atoms with Crippen LogP contribution in [-0.4, -0.2) is 22.6 Å². The molecule has 100 valence electrons. The van der Waals surface area contributed by atoms with E-state index < -0.39 is 11.6 Å². The summed E-state index contributed by atoms with van der Waals surface area (Å²) in [6, 6.07) is 3.92. The monoisotopic (exact) mass is 263 g/mol. The lowest BCUT2D eigenvalue weighted by Crippen LogP contribution is -2.29. The Morgan fingerprint density at radius 3 is 2.89 bits per heavy atom. The predicted molar refractivity (Wildman–Crippen MR) is 68.3 cm³/mol. The fraction of sp³-hybridized carbons (Fsp3) is 0.357. The fourth-order valence-electron chi connectivity index (χ4n) is 2.56. The van der Waals surface area contributed by atoms with Gasteiger partial charge in [-0.2, -0.15) is 0 Å². The van der Waals surface area contributed by atoms with Crippen LogP contribution in [0.2, 0.25) is 0 Å². The summed E-state index contributed by atoms with van der Waals surface area (Å²) in [4.78, 5) is 4.14. The minimum absolute atomic E-state index is 0.365. The highest BCUT2D eigenvalue weighted by atomic mass is 19.2. The van der Waals surface area contributed by atoms with Crippen LogP contribution in [0.15, 0.2) is 30.7 Å². The van der Waals surface area contributed by atoms with Gasteiger partial charge in [0.05, 0.1) is 6.33 Å². The SMILES string of the molecule is Fc1ccc(-n2cncc2C2CCCNC2)cc1F. The molecule has 0 saturated carbocycles. The van der Waals surface area contributed by atoms with Crippen molar-refractivity contribution in [2.24, 2.45) is 0 Å². The molecule has 1 aromatic carbocycles. The molecular formula is C14H15F2N3. The maximum absolute atomic E-state index is 13.3. The van der Waals surface area contributed by atoms with Crippen molar-refractivity contribution >= 4 is 0 Å². The smallest absolute Gasteiger partial charge is 0.160 e. The van der Waals surface area contributed by atoms with Crippen LogP contribution in [0, 0.1) is 11.6 Å². The van der Waals surface area contributed by atoms with Gasteiger partial charge in [0, 0.05) is 36.1 Å². The van der Waals surface area contributed by atoms with Gasteiger partial charge in [0.2, 0.25) is 0 Å². The van der Waals surface area contributed by atoms with Gasteiger partial charge in [0.25, 0.3) is 0 Å². The van der Waals surface area contributed by atoms with E-state index in [1.165, 1.54) is 6.07 Å². The third-order valence-corrected chi connectivity index (χ3v) is 3.56. The van der Waals surface area contributed by atoms with Crippen molar-refractivity contribution in [3.05, 3.63) is 48.1 Å². The maximum Gasteiger partial charge on any atom is 0.160 e. The molecule has 1 saturated heterocycles. The molecular weight excluding hydrogens is 248 g/mol. The number of hydrogen-bond donors (Lipinski definition) is 1. The Bertz CT molecular complexity index is 574. The summed E-state index contributed by atoms with van der Waals surface area (Å²) in [7, 11) is 0. The van der Waals surface area contributed by atoms with E-state index >= 15 is 0 Å². The maximum atomic E-state index is 13.3. The van der Waals surface area contributed by atoms with Crippen molar-refractivity contribution in [2.75, 3.05) is 13.1 Å².